The topological polar surface area (TPSA) is 87.5 Å². The number of aliphatic carboxylic acids is 1. The SMILES string of the molecule is CCc1nn(C)cc1NC(=O)N1C[C@@H]2CCC[C@@]2(C(=O)O)C1. The minimum Gasteiger partial charge on any atom is -0.481 e. The van der Waals surface area contributed by atoms with Gasteiger partial charge in [0.2, 0.25) is 0 Å². The predicted molar refractivity (Wildman–Crippen MR) is 80.6 cm³/mol. The van der Waals surface area contributed by atoms with E-state index in [2.05, 4.69) is 10.4 Å². The minimum absolute atomic E-state index is 0.0790. The molecule has 22 heavy (non-hydrogen) atoms. The summed E-state index contributed by atoms with van der Waals surface area (Å²) in [7, 11) is 1.81. The molecule has 3 rings (SSSR count). The van der Waals surface area contributed by atoms with E-state index in [4.69, 9.17) is 0 Å². The number of anilines is 1. The Labute approximate surface area is 129 Å². The normalized spacial score (nSPS) is 27.0. The van der Waals surface area contributed by atoms with Crippen molar-refractivity contribution in [3.8, 4) is 0 Å². The zero-order valence-corrected chi connectivity index (χ0v) is 13.0. The van der Waals surface area contributed by atoms with Crippen LogP contribution in [0.5, 0.6) is 0 Å². The van der Waals surface area contributed by atoms with Crippen molar-refractivity contribution >= 4 is 17.7 Å². The summed E-state index contributed by atoms with van der Waals surface area (Å²) in [5.74, 6) is -0.684. The van der Waals surface area contributed by atoms with Crippen LogP contribution in [0.25, 0.3) is 0 Å². The van der Waals surface area contributed by atoms with Gasteiger partial charge in [0.1, 0.15) is 0 Å². The van der Waals surface area contributed by atoms with Crippen molar-refractivity contribution in [3.63, 3.8) is 0 Å². The zero-order valence-electron chi connectivity index (χ0n) is 13.0. The first-order valence-corrected chi connectivity index (χ1v) is 7.78. The van der Waals surface area contributed by atoms with Crippen molar-refractivity contribution in [1.29, 1.82) is 0 Å². The fourth-order valence-electron chi connectivity index (χ4n) is 3.89. The number of carboxylic acid groups (broad SMARTS) is 1. The van der Waals surface area contributed by atoms with Crippen molar-refractivity contribution in [3.05, 3.63) is 11.9 Å². The molecule has 0 unspecified atom stereocenters. The number of urea groups is 1. The summed E-state index contributed by atoms with van der Waals surface area (Å²) in [6.07, 6.45) is 5.01. The Balaban J connectivity index is 1.73. The van der Waals surface area contributed by atoms with E-state index in [9.17, 15) is 14.7 Å². The van der Waals surface area contributed by atoms with Crippen LogP contribution in [-0.2, 0) is 18.3 Å². The Bertz CT molecular complexity index is 612. The van der Waals surface area contributed by atoms with Gasteiger partial charge in [-0.1, -0.05) is 13.3 Å². The maximum Gasteiger partial charge on any atom is 0.321 e. The lowest BCUT2D eigenvalue weighted by atomic mass is 9.81. The molecule has 1 aliphatic carbocycles. The molecular formula is C15H22N4O3. The van der Waals surface area contributed by atoms with Crippen LogP contribution in [0.1, 0.15) is 31.9 Å². The van der Waals surface area contributed by atoms with Gasteiger partial charge in [-0.2, -0.15) is 5.10 Å². The average molecular weight is 306 g/mol. The molecule has 2 amide bonds. The van der Waals surface area contributed by atoms with E-state index >= 15 is 0 Å². The quantitative estimate of drug-likeness (QED) is 0.889. The van der Waals surface area contributed by atoms with Crippen LogP contribution < -0.4 is 5.32 Å². The molecule has 1 saturated heterocycles. The number of aromatic nitrogens is 2. The molecule has 7 heteroatoms. The van der Waals surface area contributed by atoms with E-state index < -0.39 is 11.4 Å². The van der Waals surface area contributed by atoms with Crippen LogP contribution in [0.3, 0.4) is 0 Å². The second kappa shape index (κ2) is 5.30. The van der Waals surface area contributed by atoms with E-state index in [0.29, 0.717) is 25.2 Å². The molecule has 0 spiro atoms. The third-order valence-corrected chi connectivity index (χ3v) is 5.07. The number of carbonyl (C=O) groups excluding carboxylic acids is 1. The summed E-state index contributed by atoms with van der Waals surface area (Å²) in [5, 5.41) is 16.8. The van der Waals surface area contributed by atoms with Gasteiger partial charge in [-0.25, -0.2) is 4.79 Å². The number of nitrogens with zero attached hydrogens (tertiary/aromatic N) is 3. The third kappa shape index (κ3) is 2.24. The number of nitrogens with one attached hydrogen (secondary N) is 1. The first-order chi connectivity index (χ1) is 10.5. The molecule has 0 bridgehead atoms. The number of likely N-dealkylation sites (tertiary alicyclic amines) is 1. The Morgan fingerprint density at radius 1 is 1.55 bits per heavy atom. The van der Waals surface area contributed by atoms with E-state index in [0.717, 1.165) is 25.0 Å². The van der Waals surface area contributed by atoms with Crippen LogP contribution in [0.2, 0.25) is 0 Å². The molecule has 1 aliphatic heterocycles. The van der Waals surface area contributed by atoms with E-state index in [-0.39, 0.29) is 11.9 Å². The van der Waals surface area contributed by atoms with E-state index in [1.165, 1.54) is 0 Å². The highest BCUT2D eigenvalue weighted by Crippen LogP contribution is 2.48. The monoisotopic (exact) mass is 306 g/mol. The molecular weight excluding hydrogens is 284 g/mol. The number of carboxylic acids is 1. The van der Waals surface area contributed by atoms with Crippen molar-refractivity contribution in [2.75, 3.05) is 18.4 Å². The first kappa shape index (κ1) is 14.9. The lowest BCUT2D eigenvalue weighted by molar-refractivity contribution is -0.149. The maximum absolute atomic E-state index is 12.5. The molecule has 1 aromatic heterocycles. The highest BCUT2D eigenvalue weighted by Gasteiger charge is 2.55. The number of hydrogen-bond acceptors (Lipinski definition) is 3. The number of carbonyl (C=O) groups is 2. The molecule has 0 radical (unpaired) electrons. The number of hydrogen-bond donors (Lipinski definition) is 2. The Hall–Kier alpha value is -2.05. The van der Waals surface area contributed by atoms with Crippen LogP contribution in [0.15, 0.2) is 6.20 Å². The highest BCUT2D eigenvalue weighted by atomic mass is 16.4. The second-order valence-corrected chi connectivity index (χ2v) is 6.38. The predicted octanol–water partition coefficient (Wildman–Crippen LogP) is 1.70. The van der Waals surface area contributed by atoms with Gasteiger partial charge in [-0.15, -0.1) is 0 Å². The lowest BCUT2D eigenvalue weighted by Crippen LogP contribution is -2.38. The Kier molecular flexibility index (Phi) is 3.58. The summed E-state index contributed by atoms with van der Waals surface area (Å²) < 4.78 is 1.67. The Morgan fingerprint density at radius 2 is 2.32 bits per heavy atom. The molecule has 2 fully saturated rings. The smallest absolute Gasteiger partial charge is 0.321 e. The molecule has 2 atom stereocenters. The highest BCUT2D eigenvalue weighted by molar-refractivity contribution is 5.91. The second-order valence-electron chi connectivity index (χ2n) is 6.38. The maximum atomic E-state index is 12.5. The summed E-state index contributed by atoms with van der Waals surface area (Å²) in [4.78, 5) is 25.8. The van der Waals surface area contributed by atoms with Crippen molar-refractivity contribution < 1.29 is 14.7 Å². The summed E-state index contributed by atoms with van der Waals surface area (Å²) in [6.45, 7) is 2.82. The van der Waals surface area contributed by atoms with Crippen molar-refractivity contribution in [2.24, 2.45) is 18.4 Å². The number of fused-ring (bicyclic) bond motifs is 1. The van der Waals surface area contributed by atoms with Crippen LogP contribution >= 0.6 is 0 Å². The lowest BCUT2D eigenvalue weighted by Gasteiger charge is -2.23. The molecule has 1 saturated carbocycles. The third-order valence-electron chi connectivity index (χ3n) is 5.07. The molecule has 7 nitrogen and oxygen atoms in total. The van der Waals surface area contributed by atoms with Crippen LogP contribution in [0.4, 0.5) is 10.5 Å². The first-order valence-electron chi connectivity index (χ1n) is 7.78. The Morgan fingerprint density at radius 3 is 2.95 bits per heavy atom. The van der Waals surface area contributed by atoms with Crippen molar-refractivity contribution in [2.45, 2.75) is 32.6 Å². The van der Waals surface area contributed by atoms with Crippen LogP contribution in [-0.4, -0.2) is 44.9 Å². The van der Waals surface area contributed by atoms with Gasteiger partial charge in [0.05, 0.1) is 16.8 Å². The fraction of sp³-hybridized carbons (Fsp3) is 0.667. The number of aryl methyl sites for hydroxylation is 2. The molecule has 0 aromatic carbocycles. The zero-order chi connectivity index (χ0) is 15.9. The number of amides is 2. The molecule has 2 heterocycles. The summed E-state index contributed by atoms with van der Waals surface area (Å²) in [6, 6.07) is -0.224. The molecule has 2 aliphatic rings. The largest absolute Gasteiger partial charge is 0.481 e. The van der Waals surface area contributed by atoms with Gasteiger partial charge in [-0.3, -0.25) is 9.48 Å². The minimum atomic E-state index is -0.763. The standard InChI is InChI=1S/C15H22N4O3/c1-3-11-12(8-18(2)17-11)16-14(22)19-7-10-5-4-6-15(10,9-19)13(20)21/h8,10H,3-7,9H2,1-2H3,(H,16,22)(H,20,21)/t10-,15+/m0/s1. The fourth-order valence-corrected chi connectivity index (χ4v) is 3.89. The van der Waals surface area contributed by atoms with E-state index in [1.807, 2.05) is 14.0 Å². The van der Waals surface area contributed by atoms with Gasteiger partial charge >= 0.3 is 12.0 Å². The van der Waals surface area contributed by atoms with Gasteiger partial charge in [0.15, 0.2) is 0 Å². The van der Waals surface area contributed by atoms with E-state index in [1.54, 1.807) is 15.8 Å². The van der Waals surface area contributed by atoms with Crippen LogP contribution in [0, 0.1) is 11.3 Å². The van der Waals surface area contributed by atoms with Crippen molar-refractivity contribution in [1.82, 2.24) is 14.7 Å². The molecule has 2 N–H and O–H groups in total. The molecule has 1 aromatic rings. The van der Waals surface area contributed by atoms with Gasteiger partial charge in [0.25, 0.3) is 0 Å². The van der Waals surface area contributed by atoms with Gasteiger partial charge < -0.3 is 15.3 Å². The van der Waals surface area contributed by atoms with Gasteiger partial charge in [0, 0.05) is 26.3 Å². The summed E-state index contributed by atoms with van der Waals surface area (Å²) in [5.41, 5.74) is 0.805. The summed E-state index contributed by atoms with van der Waals surface area (Å²) >= 11 is 0. The molecule has 120 valence electrons. The van der Waals surface area contributed by atoms with Gasteiger partial charge in [-0.05, 0) is 25.2 Å². The number of rotatable bonds is 3. The average Bonchev–Trinajstić information content (AvgIpc) is 3.10.